The largest absolute Gasteiger partial charge is 0.490 e. The fourth-order valence-electron chi connectivity index (χ4n) is 1.63. The van der Waals surface area contributed by atoms with Crippen molar-refractivity contribution in [3.63, 3.8) is 0 Å². The van der Waals surface area contributed by atoms with Crippen LogP contribution in [0.3, 0.4) is 0 Å². The maximum atomic E-state index is 13.0. The molecule has 0 unspecified atom stereocenters. The molecule has 0 spiro atoms. The van der Waals surface area contributed by atoms with Crippen molar-refractivity contribution < 1.29 is 13.9 Å². The number of ether oxygens (including phenoxy) is 2. The lowest BCUT2D eigenvalue weighted by Crippen LogP contribution is -1.99. The Morgan fingerprint density at radius 3 is 2.33 bits per heavy atom. The first-order chi connectivity index (χ1) is 8.79. The third-order valence-electron chi connectivity index (χ3n) is 2.43. The van der Waals surface area contributed by atoms with E-state index in [1.165, 1.54) is 12.1 Å². The SMILES string of the molecule is CCOc1ccccc1OCc1cccc(F)c1. The Labute approximate surface area is 106 Å². The molecule has 3 heteroatoms. The molecule has 0 aliphatic carbocycles. The monoisotopic (exact) mass is 246 g/mol. The first-order valence-electron chi connectivity index (χ1n) is 5.88. The van der Waals surface area contributed by atoms with E-state index in [4.69, 9.17) is 9.47 Å². The Bertz CT molecular complexity index is 511. The Kier molecular flexibility index (Phi) is 4.18. The van der Waals surface area contributed by atoms with Gasteiger partial charge in [0.05, 0.1) is 6.61 Å². The molecule has 2 nitrogen and oxygen atoms in total. The van der Waals surface area contributed by atoms with Gasteiger partial charge in [-0.15, -0.1) is 0 Å². The quantitative estimate of drug-likeness (QED) is 0.798. The number of halogens is 1. The minimum absolute atomic E-state index is 0.255. The van der Waals surface area contributed by atoms with Crippen molar-refractivity contribution >= 4 is 0 Å². The summed E-state index contributed by atoms with van der Waals surface area (Å²) in [5, 5.41) is 0. The summed E-state index contributed by atoms with van der Waals surface area (Å²) in [7, 11) is 0. The van der Waals surface area contributed by atoms with Gasteiger partial charge in [0, 0.05) is 0 Å². The molecule has 0 aromatic heterocycles. The van der Waals surface area contributed by atoms with Crippen LogP contribution in [-0.4, -0.2) is 6.61 Å². The molecule has 0 atom stereocenters. The summed E-state index contributed by atoms with van der Waals surface area (Å²) in [5.41, 5.74) is 0.793. The van der Waals surface area contributed by atoms with Crippen molar-refractivity contribution in [1.29, 1.82) is 0 Å². The third-order valence-corrected chi connectivity index (χ3v) is 2.43. The highest BCUT2D eigenvalue weighted by atomic mass is 19.1. The molecule has 0 saturated heterocycles. The van der Waals surface area contributed by atoms with Crippen molar-refractivity contribution in [2.24, 2.45) is 0 Å². The number of hydrogen-bond acceptors (Lipinski definition) is 2. The fourth-order valence-corrected chi connectivity index (χ4v) is 1.63. The minimum atomic E-state index is -0.255. The number of para-hydroxylation sites is 2. The van der Waals surface area contributed by atoms with Crippen LogP contribution in [0.25, 0.3) is 0 Å². The lowest BCUT2D eigenvalue weighted by Gasteiger charge is -2.11. The zero-order valence-corrected chi connectivity index (χ0v) is 10.2. The molecule has 0 aliphatic heterocycles. The highest BCUT2D eigenvalue weighted by Gasteiger charge is 2.04. The smallest absolute Gasteiger partial charge is 0.161 e. The molecule has 0 heterocycles. The summed E-state index contributed by atoms with van der Waals surface area (Å²) < 4.78 is 24.1. The van der Waals surface area contributed by atoms with Gasteiger partial charge in [0.2, 0.25) is 0 Å². The number of rotatable bonds is 5. The normalized spacial score (nSPS) is 10.1. The Balaban J connectivity index is 2.06. The molecule has 2 aromatic carbocycles. The van der Waals surface area contributed by atoms with E-state index < -0.39 is 0 Å². The van der Waals surface area contributed by atoms with E-state index in [1.54, 1.807) is 6.07 Å². The third kappa shape index (κ3) is 3.23. The molecular weight excluding hydrogens is 231 g/mol. The van der Waals surface area contributed by atoms with Gasteiger partial charge < -0.3 is 9.47 Å². The molecule has 2 aromatic rings. The highest BCUT2D eigenvalue weighted by molar-refractivity contribution is 5.39. The van der Waals surface area contributed by atoms with Crippen molar-refractivity contribution in [3.8, 4) is 11.5 Å². The molecule has 0 amide bonds. The second-order valence-electron chi connectivity index (χ2n) is 3.80. The van der Waals surface area contributed by atoms with Crippen LogP contribution in [0.15, 0.2) is 48.5 Å². The van der Waals surface area contributed by atoms with Crippen molar-refractivity contribution in [1.82, 2.24) is 0 Å². The van der Waals surface area contributed by atoms with Crippen molar-refractivity contribution in [2.75, 3.05) is 6.61 Å². The van der Waals surface area contributed by atoms with E-state index in [9.17, 15) is 4.39 Å². The van der Waals surface area contributed by atoms with Gasteiger partial charge >= 0.3 is 0 Å². The standard InChI is InChI=1S/C15H15FO2/c1-2-17-14-8-3-4-9-15(14)18-11-12-6-5-7-13(16)10-12/h3-10H,2,11H2,1H3. The first-order valence-corrected chi connectivity index (χ1v) is 5.88. The summed E-state index contributed by atoms with van der Waals surface area (Å²) in [6.45, 7) is 2.82. The molecule has 18 heavy (non-hydrogen) atoms. The summed E-state index contributed by atoms with van der Waals surface area (Å²) in [6.07, 6.45) is 0. The number of benzene rings is 2. The van der Waals surface area contributed by atoms with Gasteiger partial charge in [0.25, 0.3) is 0 Å². The zero-order valence-electron chi connectivity index (χ0n) is 10.2. The Morgan fingerprint density at radius 1 is 0.944 bits per heavy atom. The van der Waals surface area contributed by atoms with Gasteiger partial charge in [-0.2, -0.15) is 0 Å². The maximum Gasteiger partial charge on any atom is 0.161 e. The van der Waals surface area contributed by atoms with Gasteiger partial charge in [-0.05, 0) is 36.8 Å². The summed E-state index contributed by atoms with van der Waals surface area (Å²) >= 11 is 0. The van der Waals surface area contributed by atoms with E-state index in [1.807, 2.05) is 37.3 Å². The zero-order chi connectivity index (χ0) is 12.8. The lowest BCUT2D eigenvalue weighted by molar-refractivity contribution is 0.269. The summed E-state index contributed by atoms with van der Waals surface area (Å²) in [4.78, 5) is 0. The predicted octanol–water partition coefficient (Wildman–Crippen LogP) is 3.80. The van der Waals surface area contributed by atoms with Gasteiger partial charge in [-0.1, -0.05) is 24.3 Å². The molecule has 0 N–H and O–H groups in total. The Morgan fingerprint density at radius 2 is 1.67 bits per heavy atom. The van der Waals surface area contributed by atoms with Crippen LogP contribution >= 0.6 is 0 Å². The molecule has 0 fully saturated rings. The highest BCUT2D eigenvalue weighted by Crippen LogP contribution is 2.27. The first kappa shape index (κ1) is 12.4. The Hall–Kier alpha value is -2.03. The molecular formula is C15H15FO2. The van der Waals surface area contributed by atoms with Gasteiger partial charge in [0.1, 0.15) is 12.4 Å². The van der Waals surface area contributed by atoms with Crippen LogP contribution in [0.5, 0.6) is 11.5 Å². The van der Waals surface area contributed by atoms with Crippen LogP contribution in [0.4, 0.5) is 4.39 Å². The van der Waals surface area contributed by atoms with Crippen LogP contribution in [0.2, 0.25) is 0 Å². The molecule has 0 aliphatic rings. The molecule has 94 valence electrons. The van der Waals surface area contributed by atoms with Gasteiger partial charge in [-0.3, -0.25) is 0 Å². The van der Waals surface area contributed by atoms with E-state index in [0.717, 1.165) is 5.56 Å². The van der Waals surface area contributed by atoms with E-state index >= 15 is 0 Å². The predicted molar refractivity (Wildman–Crippen MR) is 68.3 cm³/mol. The van der Waals surface area contributed by atoms with Crippen molar-refractivity contribution in [2.45, 2.75) is 13.5 Å². The van der Waals surface area contributed by atoms with Gasteiger partial charge in [-0.25, -0.2) is 4.39 Å². The topological polar surface area (TPSA) is 18.5 Å². The number of hydrogen-bond donors (Lipinski definition) is 0. The molecule has 0 bridgehead atoms. The van der Waals surface area contributed by atoms with E-state index in [-0.39, 0.29) is 5.82 Å². The van der Waals surface area contributed by atoms with Crippen LogP contribution in [0.1, 0.15) is 12.5 Å². The van der Waals surface area contributed by atoms with Crippen LogP contribution < -0.4 is 9.47 Å². The second-order valence-corrected chi connectivity index (χ2v) is 3.80. The van der Waals surface area contributed by atoms with Crippen LogP contribution in [-0.2, 0) is 6.61 Å². The van der Waals surface area contributed by atoms with Gasteiger partial charge in [0.15, 0.2) is 11.5 Å². The average molecular weight is 246 g/mol. The maximum absolute atomic E-state index is 13.0. The minimum Gasteiger partial charge on any atom is -0.490 e. The summed E-state index contributed by atoms with van der Waals surface area (Å²) in [6, 6.07) is 13.8. The fraction of sp³-hybridized carbons (Fsp3) is 0.200. The molecule has 0 saturated carbocycles. The van der Waals surface area contributed by atoms with Crippen molar-refractivity contribution in [3.05, 3.63) is 59.9 Å². The second kappa shape index (κ2) is 6.05. The van der Waals surface area contributed by atoms with E-state index in [0.29, 0.717) is 24.7 Å². The lowest BCUT2D eigenvalue weighted by atomic mass is 10.2. The molecule has 2 rings (SSSR count). The van der Waals surface area contributed by atoms with Crippen LogP contribution in [0, 0.1) is 5.82 Å². The van der Waals surface area contributed by atoms with E-state index in [2.05, 4.69) is 0 Å². The summed E-state index contributed by atoms with van der Waals surface area (Å²) in [5.74, 6) is 1.12. The molecule has 0 radical (unpaired) electrons. The average Bonchev–Trinajstić information content (AvgIpc) is 2.38.